The average molecular weight is 243 g/mol. The van der Waals surface area contributed by atoms with Crippen LogP contribution in [0.2, 0.25) is 0 Å². The van der Waals surface area contributed by atoms with Gasteiger partial charge in [-0.1, -0.05) is 20.4 Å². The van der Waals surface area contributed by atoms with E-state index in [-0.39, 0.29) is 5.97 Å². The van der Waals surface area contributed by atoms with Gasteiger partial charge < -0.3 is 14.4 Å². The van der Waals surface area contributed by atoms with Gasteiger partial charge in [0.2, 0.25) is 0 Å². The summed E-state index contributed by atoms with van der Waals surface area (Å²) in [5.74, 6) is -0.326. The molecule has 4 heteroatoms. The fraction of sp³-hybridized carbons (Fsp3) is 0.769. The van der Waals surface area contributed by atoms with Crippen molar-refractivity contribution in [3.05, 3.63) is 12.2 Å². The van der Waals surface area contributed by atoms with Gasteiger partial charge in [-0.2, -0.15) is 0 Å². The van der Waals surface area contributed by atoms with E-state index in [1.807, 2.05) is 0 Å². The molecule has 0 spiro atoms. The third kappa shape index (κ3) is 8.89. The van der Waals surface area contributed by atoms with E-state index in [9.17, 15) is 4.79 Å². The molecular formula is C13H25NO3. The summed E-state index contributed by atoms with van der Waals surface area (Å²) in [6.07, 6.45) is 0.733. The molecule has 0 unspecified atom stereocenters. The fourth-order valence-electron chi connectivity index (χ4n) is 1.28. The van der Waals surface area contributed by atoms with Gasteiger partial charge in [0.25, 0.3) is 0 Å². The summed E-state index contributed by atoms with van der Waals surface area (Å²) in [5, 5.41) is 0. The molecule has 0 aliphatic heterocycles. The van der Waals surface area contributed by atoms with Crippen molar-refractivity contribution in [1.82, 2.24) is 4.90 Å². The summed E-state index contributed by atoms with van der Waals surface area (Å²) in [4.78, 5) is 13.3. The van der Waals surface area contributed by atoms with Crippen LogP contribution in [0.15, 0.2) is 12.2 Å². The van der Waals surface area contributed by atoms with Crippen molar-refractivity contribution in [2.75, 3.05) is 39.5 Å². The van der Waals surface area contributed by atoms with Gasteiger partial charge in [-0.25, -0.2) is 4.79 Å². The molecule has 0 aromatic carbocycles. The van der Waals surface area contributed by atoms with Crippen LogP contribution in [0.5, 0.6) is 0 Å². The molecule has 0 atom stereocenters. The van der Waals surface area contributed by atoms with Crippen LogP contribution in [0.4, 0.5) is 0 Å². The van der Waals surface area contributed by atoms with E-state index in [4.69, 9.17) is 9.47 Å². The highest BCUT2D eigenvalue weighted by Crippen LogP contribution is 1.94. The number of hydrogen-bond acceptors (Lipinski definition) is 4. The van der Waals surface area contributed by atoms with Crippen molar-refractivity contribution in [3.63, 3.8) is 0 Å². The Morgan fingerprint density at radius 2 is 1.82 bits per heavy atom. The van der Waals surface area contributed by atoms with Crippen LogP contribution in [0, 0.1) is 0 Å². The molecule has 4 nitrogen and oxygen atoms in total. The smallest absolute Gasteiger partial charge is 0.333 e. The molecule has 0 saturated carbocycles. The van der Waals surface area contributed by atoms with Crippen molar-refractivity contribution in [1.29, 1.82) is 0 Å². The summed E-state index contributed by atoms with van der Waals surface area (Å²) >= 11 is 0. The monoisotopic (exact) mass is 243 g/mol. The summed E-state index contributed by atoms with van der Waals surface area (Å²) in [6, 6.07) is 0. The molecule has 0 N–H and O–H groups in total. The second kappa shape index (κ2) is 10.3. The Kier molecular flexibility index (Phi) is 9.77. The Bertz CT molecular complexity index is 225. The second-order valence-corrected chi connectivity index (χ2v) is 3.91. The van der Waals surface area contributed by atoms with Gasteiger partial charge in [0.1, 0.15) is 0 Å². The Labute approximate surface area is 105 Å². The Balaban J connectivity index is 3.29. The minimum Gasteiger partial charge on any atom is -0.462 e. The van der Waals surface area contributed by atoms with Crippen molar-refractivity contribution < 1.29 is 14.3 Å². The largest absolute Gasteiger partial charge is 0.462 e. The summed E-state index contributed by atoms with van der Waals surface area (Å²) in [7, 11) is 0. The molecule has 0 aromatic heterocycles. The lowest BCUT2D eigenvalue weighted by atomic mass is 10.4. The van der Waals surface area contributed by atoms with Gasteiger partial charge in [0, 0.05) is 25.1 Å². The third-order valence-electron chi connectivity index (χ3n) is 2.46. The maximum Gasteiger partial charge on any atom is 0.333 e. The minimum atomic E-state index is -0.326. The average Bonchev–Trinajstić information content (AvgIpc) is 2.32. The molecule has 0 aromatic rings. The molecule has 0 radical (unpaired) electrons. The Morgan fingerprint density at radius 1 is 1.18 bits per heavy atom. The molecule has 0 bridgehead atoms. The molecule has 0 aliphatic rings. The van der Waals surface area contributed by atoms with Crippen LogP contribution in [-0.2, 0) is 14.3 Å². The zero-order valence-electron chi connectivity index (χ0n) is 11.3. The fourth-order valence-corrected chi connectivity index (χ4v) is 1.28. The van der Waals surface area contributed by atoms with Gasteiger partial charge >= 0.3 is 5.97 Å². The van der Waals surface area contributed by atoms with E-state index in [2.05, 4.69) is 25.3 Å². The maximum atomic E-state index is 11.0. The highest BCUT2D eigenvalue weighted by atomic mass is 16.5. The van der Waals surface area contributed by atoms with E-state index >= 15 is 0 Å². The van der Waals surface area contributed by atoms with Crippen LogP contribution >= 0.6 is 0 Å². The second-order valence-electron chi connectivity index (χ2n) is 3.91. The molecule has 0 heterocycles. The number of ether oxygens (including phenoxy) is 2. The number of likely N-dealkylation sites (N-methyl/N-ethyl adjacent to an activating group) is 1. The number of esters is 1. The lowest BCUT2D eigenvalue weighted by Crippen LogP contribution is -2.27. The van der Waals surface area contributed by atoms with E-state index in [0.29, 0.717) is 18.8 Å². The van der Waals surface area contributed by atoms with Gasteiger partial charge in [0.05, 0.1) is 13.2 Å². The van der Waals surface area contributed by atoms with Crippen LogP contribution in [0.3, 0.4) is 0 Å². The highest BCUT2D eigenvalue weighted by Gasteiger charge is 2.02. The third-order valence-corrected chi connectivity index (χ3v) is 2.46. The molecule has 0 saturated heterocycles. The molecular weight excluding hydrogens is 218 g/mol. The first kappa shape index (κ1) is 16.1. The first-order chi connectivity index (χ1) is 8.11. The van der Waals surface area contributed by atoms with Crippen molar-refractivity contribution in [2.24, 2.45) is 0 Å². The lowest BCUT2D eigenvalue weighted by Gasteiger charge is -2.17. The number of carbonyl (C=O) groups is 1. The van der Waals surface area contributed by atoms with Crippen molar-refractivity contribution in [3.8, 4) is 0 Å². The summed E-state index contributed by atoms with van der Waals surface area (Å²) < 4.78 is 10.4. The SMILES string of the molecule is C=C(C)C(=O)OCCCOCCN(CC)CC. The Hall–Kier alpha value is -0.870. The van der Waals surface area contributed by atoms with E-state index < -0.39 is 0 Å². The number of rotatable bonds is 10. The van der Waals surface area contributed by atoms with Gasteiger partial charge in [-0.05, 0) is 20.0 Å². The molecule has 0 aliphatic carbocycles. The number of hydrogen-bond donors (Lipinski definition) is 0. The zero-order valence-corrected chi connectivity index (χ0v) is 11.3. The predicted octanol–water partition coefficient (Wildman–Crippen LogP) is 1.85. The Morgan fingerprint density at radius 3 is 2.35 bits per heavy atom. The quantitative estimate of drug-likeness (QED) is 0.333. The van der Waals surface area contributed by atoms with Crippen LogP contribution in [0.25, 0.3) is 0 Å². The lowest BCUT2D eigenvalue weighted by molar-refractivity contribution is -0.139. The van der Waals surface area contributed by atoms with E-state index in [0.717, 1.165) is 32.7 Å². The number of carbonyl (C=O) groups excluding carboxylic acids is 1. The van der Waals surface area contributed by atoms with Gasteiger partial charge in [-0.3, -0.25) is 0 Å². The van der Waals surface area contributed by atoms with Crippen LogP contribution < -0.4 is 0 Å². The topological polar surface area (TPSA) is 38.8 Å². The number of nitrogens with zero attached hydrogens (tertiary/aromatic N) is 1. The predicted molar refractivity (Wildman–Crippen MR) is 69.0 cm³/mol. The van der Waals surface area contributed by atoms with Crippen LogP contribution in [-0.4, -0.2) is 50.3 Å². The molecule has 0 rings (SSSR count). The molecule has 100 valence electrons. The zero-order chi connectivity index (χ0) is 13.1. The van der Waals surface area contributed by atoms with Gasteiger partial charge in [0.15, 0.2) is 0 Å². The van der Waals surface area contributed by atoms with Gasteiger partial charge in [-0.15, -0.1) is 0 Å². The minimum absolute atomic E-state index is 0.326. The van der Waals surface area contributed by atoms with Crippen LogP contribution in [0.1, 0.15) is 27.2 Å². The molecule has 17 heavy (non-hydrogen) atoms. The molecule has 0 fully saturated rings. The highest BCUT2D eigenvalue weighted by molar-refractivity contribution is 5.86. The molecule has 0 amide bonds. The van der Waals surface area contributed by atoms with E-state index in [1.54, 1.807) is 6.92 Å². The summed E-state index contributed by atoms with van der Waals surface area (Å²) in [5.41, 5.74) is 0.437. The van der Waals surface area contributed by atoms with Crippen molar-refractivity contribution in [2.45, 2.75) is 27.2 Å². The van der Waals surface area contributed by atoms with Crippen molar-refractivity contribution >= 4 is 5.97 Å². The summed E-state index contributed by atoms with van der Waals surface area (Å²) in [6.45, 7) is 14.3. The first-order valence-electron chi connectivity index (χ1n) is 6.24. The normalized spacial score (nSPS) is 10.6. The van der Waals surface area contributed by atoms with E-state index in [1.165, 1.54) is 0 Å². The maximum absolute atomic E-state index is 11.0. The first-order valence-corrected chi connectivity index (χ1v) is 6.24. The standard InChI is InChI=1S/C13H25NO3/c1-5-14(6-2)8-11-16-9-7-10-17-13(15)12(3)4/h3,5-11H2,1-2,4H3.